The van der Waals surface area contributed by atoms with Gasteiger partial charge in [-0.15, -0.1) is 0 Å². The summed E-state index contributed by atoms with van der Waals surface area (Å²) >= 11 is 0. The van der Waals surface area contributed by atoms with Crippen LogP contribution in [0.4, 0.5) is 22.0 Å². The molecule has 0 spiro atoms. The van der Waals surface area contributed by atoms with Crippen LogP contribution in [-0.2, 0) is 4.79 Å². The Bertz CT molecular complexity index is 1590. The summed E-state index contributed by atoms with van der Waals surface area (Å²) in [7, 11) is 0. The fourth-order valence-corrected chi connectivity index (χ4v) is 3.64. The van der Waals surface area contributed by atoms with Crippen LogP contribution in [0.3, 0.4) is 0 Å². The van der Waals surface area contributed by atoms with Gasteiger partial charge in [-0.3, -0.25) is 4.79 Å². The Balaban J connectivity index is 1.64. The number of hydrogen-bond donors (Lipinski definition) is 3. The first-order valence-electron chi connectivity index (χ1n) is 10.2. The van der Waals surface area contributed by atoms with Crippen molar-refractivity contribution in [2.24, 2.45) is 0 Å². The van der Waals surface area contributed by atoms with Crippen molar-refractivity contribution in [2.45, 2.75) is 6.92 Å². The number of ether oxygens (including phenoxy) is 1. The van der Waals surface area contributed by atoms with E-state index in [4.69, 9.17) is 15.5 Å². The summed E-state index contributed by atoms with van der Waals surface area (Å²) in [5.41, 5.74) is 9.02. The predicted molar refractivity (Wildman–Crippen MR) is 127 cm³/mol. The molecule has 0 aliphatic heterocycles. The molecule has 34 heavy (non-hydrogen) atoms. The molecule has 10 nitrogen and oxygen atoms in total. The number of nitrogens with two attached hydrogens (primary N) is 1. The highest BCUT2D eigenvalue weighted by molar-refractivity contribution is 5.95. The van der Waals surface area contributed by atoms with Crippen LogP contribution in [0, 0.1) is 0 Å². The lowest BCUT2D eigenvalue weighted by molar-refractivity contribution is -0.131. The van der Waals surface area contributed by atoms with Gasteiger partial charge in [-0.1, -0.05) is 12.1 Å². The zero-order chi connectivity index (χ0) is 23.8. The topological polar surface area (TPSA) is 145 Å². The molecule has 2 heterocycles. The lowest BCUT2D eigenvalue weighted by Gasteiger charge is -2.13. The second-order valence-electron chi connectivity index (χ2n) is 7.53. The molecule has 0 aliphatic rings. The van der Waals surface area contributed by atoms with Crippen molar-refractivity contribution in [1.29, 1.82) is 0 Å². The Morgan fingerprint density at radius 2 is 1.91 bits per heavy atom. The minimum atomic E-state index is -1.16. The number of esters is 1. The van der Waals surface area contributed by atoms with Gasteiger partial charge in [0.25, 0.3) is 0 Å². The van der Waals surface area contributed by atoms with Gasteiger partial charge in [-0.25, -0.2) is 14.8 Å². The molecule has 2 aromatic heterocycles. The average molecular weight is 454 g/mol. The van der Waals surface area contributed by atoms with E-state index in [9.17, 15) is 14.7 Å². The SMILES string of the molecule is CC(=O)Oc1ccc2nc(-c3cccc(N)c3)nc(Nc3ccc4c(cnn4C(=O)O)c3)c2c1. The van der Waals surface area contributed by atoms with E-state index in [0.29, 0.717) is 50.6 Å². The Labute approximate surface area is 192 Å². The van der Waals surface area contributed by atoms with Crippen LogP contribution >= 0.6 is 0 Å². The number of hydrogen-bond acceptors (Lipinski definition) is 8. The van der Waals surface area contributed by atoms with Crippen molar-refractivity contribution < 1.29 is 19.4 Å². The van der Waals surface area contributed by atoms with Gasteiger partial charge in [0.15, 0.2) is 5.82 Å². The minimum Gasteiger partial charge on any atom is -0.463 e. The van der Waals surface area contributed by atoms with Crippen LogP contribution in [0.5, 0.6) is 5.75 Å². The number of nitrogen functional groups attached to an aromatic ring is 1. The molecular weight excluding hydrogens is 436 g/mol. The van der Waals surface area contributed by atoms with Gasteiger partial charge in [0.05, 0.1) is 17.2 Å². The van der Waals surface area contributed by atoms with Crippen molar-refractivity contribution >= 4 is 51.1 Å². The van der Waals surface area contributed by atoms with E-state index < -0.39 is 12.1 Å². The zero-order valence-corrected chi connectivity index (χ0v) is 17.9. The molecule has 4 N–H and O–H groups in total. The standard InChI is InChI=1S/C24H18N6O4/c1-13(31)34-18-6-7-20-19(11-18)23(29-22(28-20)14-3-2-4-16(25)9-14)27-17-5-8-21-15(10-17)12-26-30(21)24(32)33/h2-12H,25H2,1H3,(H,32,33)(H,27,28,29). The molecule has 0 saturated heterocycles. The van der Waals surface area contributed by atoms with Crippen LogP contribution < -0.4 is 15.8 Å². The fraction of sp³-hybridized carbons (Fsp3) is 0.0417. The van der Waals surface area contributed by atoms with Crippen molar-refractivity contribution in [2.75, 3.05) is 11.1 Å². The number of carbonyl (C=O) groups excluding carboxylic acids is 1. The maximum absolute atomic E-state index is 11.4. The number of nitrogens with zero attached hydrogens (tertiary/aromatic N) is 4. The lowest BCUT2D eigenvalue weighted by atomic mass is 10.1. The molecule has 5 rings (SSSR count). The first-order chi connectivity index (χ1) is 16.4. The van der Waals surface area contributed by atoms with Gasteiger partial charge in [0, 0.05) is 34.6 Å². The minimum absolute atomic E-state index is 0.363. The largest absolute Gasteiger partial charge is 0.463 e. The molecule has 3 aromatic carbocycles. The number of benzene rings is 3. The molecule has 0 atom stereocenters. The van der Waals surface area contributed by atoms with Crippen molar-refractivity contribution in [3.05, 3.63) is 66.9 Å². The Morgan fingerprint density at radius 1 is 1.06 bits per heavy atom. The molecule has 10 heteroatoms. The van der Waals surface area contributed by atoms with Gasteiger partial charge in [-0.05, 0) is 48.5 Å². The zero-order valence-electron chi connectivity index (χ0n) is 17.9. The normalized spacial score (nSPS) is 11.0. The summed E-state index contributed by atoms with van der Waals surface area (Å²) in [6, 6.07) is 17.5. The van der Waals surface area contributed by atoms with E-state index in [1.54, 1.807) is 48.5 Å². The molecular formula is C24H18N6O4. The first kappa shape index (κ1) is 20.9. The smallest absolute Gasteiger partial charge is 0.432 e. The Morgan fingerprint density at radius 3 is 2.68 bits per heavy atom. The fourth-order valence-electron chi connectivity index (χ4n) is 3.64. The van der Waals surface area contributed by atoms with Crippen LogP contribution in [0.1, 0.15) is 6.92 Å². The van der Waals surface area contributed by atoms with Crippen LogP contribution in [-0.4, -0.2) is 36.9 Å². The molecule has 0 amide bonds. The second-order valence-corrected chi connectivity index (χ2v) is 7.53. The monoisotopic (exact) mass is 454 g/mol. The lowest BCUT2D eigenvalue weighted by Crippen LogP contribution is -2.08. The third-order valence-electron chi connectivity index (χ3n) is 5.09. The molecule has 0 unspecified atom stereocenters. The molecule has 0 radical (unpaired) electrons. The summed E-state index contributed by atoms with van der Waals surface area (Å²) in [5, 5.41) is 17.7. The predicted octanol–water partition coefficient (Wildman–Crippen LogP) is 4.42. The van der Waals surface area contributed by atoms with E-state index in [-0.39, 0.29) is 0 Å². The highest BCUT2D eigenvalue weighted by Gasteiger charge is 2.14. The van der Waals surface area contributed by atoms with Gasteiger partial charge < -0.3 is 20.9 Å². The van der Waals surface area contributed by atoms with Crippen molar-refractivity contribution in [1.82, 2.24) is 19.7 Å². The quantitative estimate of drug-likeness (QED) is 0.204. The Kier molecular flexibility index (Phi) is 5.02. The molecule has 0 saturated carbocycles. The Hall–Kier alpha value is -4.99. The van der Waals surface area contributed by atoms with Crippen LogP contribution in [0.15, 0.2) is 66.9 Å². The van der Waals surface area contributed by atoms with Gasteiger partial charge in [0.1, 0.15) is 11.6 Å². The van der Waals surface area contributed by atoms with E-state index >= 15 is 0 Å². The molecule has 5 aromatic rings. The van der Waals surface area contributed by atoms with Crippen molar-refractivity contribution in [3.63, 3.8) is 0 Å². The third-order valence-corrected chi connectivity index (χ3v) is 5.09. The summed E-state index contributed by atoms with van der Waals surface area (Å²) in [4.78, 5) is 32.1. The van der Waals surface area contributed by atoms with E-state index in [1.807, 2.05) is 12.1 Å². The number of rotatable bonds is 4. The van der Waals surface area contributed by atoms with Crippen LogP contribution in [0.25, 0.3) is 33.2 Å². The van der Waals surface area contributed by atoms with Crippen molar-refractivity contribution in [3.8, 4) is 17.1 Å². The summed E-state index contributed by atoms with van der Waals surface area (Å²) < 4.78 is 6.14. The average Bonchev–Trinajstić information content (AvgIpc) is 3.22. The maximum Gasteiger partial charge on any atom is 0.432 e. The second kappa shape index (κ2) is 8.17. The van der Waals surface area contributed by atoms with Gasteiger partial charge in [0.2, 0.25) is 0 Å². The number of fused-ring (bicyclic) bond motifs is 2. The summed E-state index contributed by atoms with van der Waals surface area (Å²) in [6.07, 6.45) is 0.311. The number of carboxylic acid groups (broad SMARTS) is 1. The molecule has 168 valence electrons. The highest BCUT2D eigenvalue weighted by Crippen LogP contribution is 2.31. The van der Waals surface area contributed by atoms with Gasteiger partial charge >= 0.3 is 12.1 Å². The number of aromatic nitrogens is 4. The number of anilines is 3. The summed E-state index contributed by atoms with van der Waals surface area (Å²) in [5.74, 6) is 0.859. The van der Waals surface area contributed by atoms with Gasteiger partial charge in [-0.2, -0.15) is 9.78 Å². The molecule has 0 bridgehead atoms. The maximum atomic E-state index is 11.4. The van der Waals surface area contributed by atoms with E-state index in [1.165, 1.54) is 13.1 Å². The summed E-state index contributed by atoms with van der Waals surface area (Å²) in [6.45, 7) is 1.33. The number of nitrogens with one attached hydrogen (secondary N) is 1. The first-order valence-corrected chi connectivity index (χ1v) is 10.2. The number of carbonyl (C=O) groups is 2. The van der Waals surface area contributed by atoms with Crippen LogP contribution in [0.2, 0.25) is 0 Å². The molecule has 0 fully saturated rings. The highest BCUT2D eigenvalue weighted by atomic mass is 16.5. The van der Waals surface area contributed by atoms with E-state index in [0.717, 1.165) is 10.2 Å². The van der Waals surface area contributed by atoms with E-state index in [2.05, 4.69) is 15.4 Å². The molecule has 0 aliphatic carbocycles. The third kappa shape index (κ3) is 3.95.